The lowest BCUT2D eigenvalue weighted by Crippen LogP contribution is -2.51. The van der Waals surface area contributed by atoms with Crippen LogP contribution in [0.4, 0.5) is 5.69 Å². The van der Waals surface area contributed by atoms with Crippen LogP contribution >= 0.6 is 0 Å². The topological polar surface area (TPSA) is 46.5 Å². The summed E-state index contributed by atoms with van der Waals surface area (Å²) in [7, 11) is 3.32. The number of anilines is 1. The van der Waals surface area contributed by atoms with E-state index in [2.05, 4.69) is 108 Å². The minimum Gasteiger partial charge on any atom is -0.356 e. The third-order valence-corrected chi connectivity index (χ3v) is 9.32. The number of nitrogens with zero attached hydrogens (tertiary/aromatic N) is 2. The molecular formula is C32H37N3O2Si. The van der Waals surface area contributed by atoms with Crippen LogP contribution in [0, 0.1) is 0 Å². The normalized spacial score (nSPS) is 20.0. The van der Waals surface area contributed by atoms with E-state index < -0.39 is 5.72 Å². The van der Waals surface area contributed by atoms with Gasteiger partial charge in [-0.25, -0.2) is 0 Å². The minimum atomic E-state index is -0.560. The van der Waals surface area contributed by atoms with Crippen molar-refractivity contribution in [2.24, 2.45) is 7.05 Å². The molecule has 0 saturated carbocycles. The van der Waals surface area contributed by atoms with Gasteiger partial charge >= 0.3 is 0 Å². The van der Waals surface area contributed by atoms with Gasteiger partial charge in [0.15, 0.2) is 5.72 Å². The van der Waals surface area contributed by atoms with Gasteiger partial charge in [0.2, 0.25) is 5.91 Å². The number of nitrogens with one attached hydrogen (secondary N) is 1. The summed E-state index contributed by atoms with van der Waals surface area (Å²) in [4.78, 5) is 14.9. The molecule has 0 bridgehead atoms. The predicted octanol–water partition coefficient (Wildman–Crippen LogP) is 4.70. The lowest BCUT2D eigenvalue weighted by molar-refractivity contribution is -0.120. The fraction of sp³-hybridized carbons (Fsp3) is 0.344. The molecule has 2 aliphatic rings. The number of carbonyl (C=O) groups is 1. The summed E-state index contributed by atoms with van der Waals surface area (Å²) in [5.41, 5.74) is 6.31. The average Bonchev–Trinajstić information content (AvgIpc) is 3.53. The van der Waals surface area contributed by atoms with E-state index in [9.17, 15) is 4.79 Å². The van der Waals surface area contributed by atoms with Crippen LogP contribution in [0.3, 0.4) is 0 Å². The Balaban J connectivity index is 1.32. The molecule has 1 amide bonds. The second-order valence-electron chi connectivity index (χ2n) is 11.2. The molecule has 0 aliphatic carbocycles. The molecule has 0 radical (unpaired) electrons. The van der Waals surface area contributed by atoms with Crippen LogP contribution in [-0.4, -0.2) is 46.1 Å². The summed E-state index contributed by atoms with van der Waals surface area (Å²) in [6, 6.07) is 23.0. The van der Waals surface area contributed by atoms with Crippen molar-refractivity contribution in [3.8, 4) is 0 Å². The highest BCUT2D eigenvalue weighted by Gasteiger charge is 2.59. The molecule has 1 saturated heterocycles. The van der Waals surface area contributed by atoms with E-state index in [-0.39, 0.29) is 11.3 Å². The van der Waals surface area contributed by atoms with Gasteiger partial charge in [0.1, 0.15) is 0 Å². The molecule has 1 fully saturated rings. The molecule has 1 N–H and O–H groups in total. The maximum atomic E-state index is 12.5. The monoisotopic (exact) mass is 523 g/mol. The minimum absolute atomic E-state index is 0.103. The van der Waals surface area contributed by atoms with Gasteiger partial charge in [0.25, 0.3) is 0 Å². The van der Waals surface area contributed by atoms with Gasteiger partial charge in [-0.2, -0.15) is 0 Å². The number of rotatable bonds is 7. The van der Waals surface area contributed by atoms with E-state index in [1.54, 1.807) is 0 Å². The molecule has 196 valence electrons. The number of carbonyl (C=O) groups excluding carboxylic acids is 1. The first-order chi connectivity index (χ1) is 18.4. The van der Waals surface area contributed by atoms with Gasteiger partial charge in [-0.1, -0.05) is 68.4 Å². The first kappa shape index (κ1) is 25.0. The zero-order valence-corrected chi connectivity index (χ0v) is 24.9. The predicted molar refractivity (Wildman–Crippen MR) is 161 cm³/mol. The molecule has 3 heterocycles. The molecule has 6 heteroatoms. The van der Waals surface area contributed by atoms with Crippen molar-refractivity contribution in [2.45, 2.75) is 43.9 Å². The first-order valence-corrected chi connectivity index (χ1v) is 15.3. The standard InChI is InChI=1S/C32H37N3O2Si/c1-31(2)26-19-23(21-30(36)33-15-6-18-38)10-12-28(26)35-16-17-37-32(31,35)14-13-22-9-11-25-24-7-4-5-8-27(24)34(3)29(25)20-22/h4-5,7-14,19-20H,6,15-18,21H2,1-3,38H3,(H,33,36). The average molecular weight is 524 g/mol. The second kappa shape index (κ2) is 9.44. The summed E-state index contributed by atoms with van der Waals surface area (Å²) in [5.74, 6) is 0.103. The number of ether oxygens (including phenoxy) is 1. The summed E-state index contributed by atoms with van der Waals surface area (Å²) < 4.78 is 8.86. The highest BCUT2D eigenvalue weighted by atomic mass is 28.1. The molecule has 1 atom stereocenters. The zero-order valence-electron chi connectivity index (χ0n) is 22.9. The molecule has 0 spiro atoms. The molecule has 6 rings (SSSR count). The molecule has 4 aromatic rings. The lowest BCUT2D eigenvalue weighted by Gasteiger charge is -2.39. The Kier molecular flexibility index (Phi) is 6.20. The third kappa shape index (κ3) is 3.81. The number of benzene rings is 3. The van der Waals surface area contributed by atoms with E-state index in [4.69, 9.17) is 4.74 Å². The second-order valence-corrected chi connectivity index (χ2v) is 12.2. The van der Waals surface area contributed by atoms with Gasteiger partial charge in [0.05, 0.1) is 13.0 Å². The Hall–Kier alpha value is -3.35. The van der Waals surface area contributed by atoms with Gasteiger partial charge in [-0.3, -0.25) is 4.79 Å². The number of aromatic nitrogens is 1. The molecule has 1 unspecified atom stereocenters. The van der Waals surface area contributed by atoms with E-state index in [1.807, 2.05) is 0 Å². The number of para-hydroxylation sites is 1. The molecule has 2 aliphatic heterocycles. The molecular weight excluding hydrogens is 486 g/mol. The first-order valence-electron chi connectivity index (χ1n) is 13.8. The van der Waals surface area contributed by atoms with Crippen molar-refractivity contribution in [1.29, 1.82) is 0 Å². The van der Waals surface area contributed by atoms with Crippen LogP contribution < -0.4 is 10.2 Å². The smallest absolute Gasteiger partial charge is 0.224 e. The van der Waals surface area contributed by atoms with Crippen molar-refractivity contribution in [3.63, 3.8) is 0 Å². The highest BCUT2D eigenvalue weighted by molar-refractivity contribution is 6.08. The number of hydrogen-bond acceptors (Lipinski definition) is 3. The van der Waals surface area contributed by atoms with E-state index >= 15 is 0 Å². The summed E-state index contributed by atoms with van der Waals surface area (Å²) >= 11 is 0. The van der Waals surface area contributed by atoms with Crippen LogP contribution in [0.1, 0.15) is 37.0 Å². The summed E-state index contributed by atoms with van der Waals surface area (Å²) in [6.45, 7) is 6.86. The Labute approximate surface area is 227 Å². The number of fused-ring (bicyclic) bond motifs is 6. The van der Waals surface area contributed by atoms with Gasteiger partial charge < -0.3 is 19.5 Å². The van der Waals surface area contributed by atoms with Crippen molar-refractivity contribution < 1.29 is 9.53 Å². The molecule has 38 heavy (non-hydrogen) atoms. The van der Waals surface area contributed by atoms with Gasteiger partial charge in [0, 0.05) is 63.3 Å². The van der Waals surface area contributed by atoms with Crippen molar-refractivity contribution >= 4 is 49.7 Å². The highest BCUT2D eigenvalue weighted by Crippen LogP contribution is 2.55. The number of amides is 1. The van der Waals surface area contributed by atoms with Crippen LogP contribution in [-0.2, 0) is 28.4 Å². The summed E-state index contributed by atoms with van der Waals surface area (Å²) in [6.07, 6.45) is 5.96. The SMILES string of the molecule is Cn1c2ccccc2c2ccc(C=CC34OCCN3c3ccc(CC(=O)NCCC[SiH3])cc3C4(C)C)cc21. The largest absolute Gasteiger partial charge is 0.356 e. The Morgan fingerprint density at radius 3 is 2.74 bits per heavy atom. The number of aryl methyl sites for hydroxylation is 1. The fourth-order valence-corrected chi connectivity index (χ4v) is 6.82. The van der Waals surface area contributed by atoms with Crippen molar-refractivity contribution in [1.82, 2.24) is 9.88 Å². The fourth-order valence-electron chi connectivity index (χ4n) is 6.47. The Morgan fingerprint density at radius 2 is 1.89 bits per heavy atom. The third-order valence-electron chi connectivity index (χ3n) is 8.62. The van der Waals surface area contributed by atoms with Crippen molar-refractivity contribution in [2.75, 3.05) is 24.6 Å². The summed E-state index contributed by atoms with van der Waals surface area (Å²) in [5, 5.41) is 5.63. The molecule has 3 aromatic carbocycles. The maximum absolute atomic E-state index is 12.5. The van der Waals surface area contributed by atoms with Crippen molar-refractivity contribution in [3.05, 3.63) is 83.4 Å². The van der Waals surface area contributed by atoms with E-state index in [0.29, 0.717) is 13.0 Å². The van der Waals surface area contributed by atoms with Crippen LogP contribution in [0.5, 0.6) is 0 Å². The van der Waals surface area contributed by atoms with Crippen LogP contribution in [0.15, 0.2) is 66.7 Å². The van der Waals surface area contributed by atoms with Gasteiger partial charge in [-0.15, -0.1) is 0 Å². The van der Waals surface area contributed by atoms with E-state index in [1.165, 1.54) is 49.3 Å². The van der Waals surface area contributed by atoms with Gasteiger partial charge in [-0.05, 0) is 47.4 Å². The quantitative estimate of drug-likeness (QED) is 0.282. The Morgan fingerprint density at radius 1 is 1.08 bits per heavy atom. The lowest BCUT2D eigenvalue weighted by atomic mass is 9.76. The molecule has 1 aromatic heterocycles. The van der Waals surface area contributed by atoms with E-state index in [0.717, 1.165) is 30.6 Å². The maximum Gasteiger partial charge on any atom is 0.224 e. The Bertz CT molecular complexity index is 1570. The molecule has 5 nitrogen and oxygen atoms in total. The van der Waals surface area contributed by atoms with Crippen LogP contribution in [0.2, 0.25) is 6.04 Å². The van der Waals surface area contributed by atoms with Crippen LogP contribution in [0.25, 0.3) is 27.9 Å². The number of hydrogen-bond donors (Lipinski definition) is 1. The zero-order chi connectivity index (χ0) is 26.5.